The van der Waals surface area contributed by atoms with Crippen molar-refractivity contribution in [2.24, 2.45) is 5.92 Å². The van der Waals surface area contributed by atoms with Gasteiger partial charge in [0.15, 0.2) is 0 Å². The summed E-state index contributed by atoms with van der Waals surface area (Å²) in [6.45, 7) is 5.62. The van der Waals surface area contributed by atoms with Gasteiger partial charge in [0, 0.05) is 22.6 Å². The molecule has 0 heterocycles. The molecule has 0 radical (unpaired) electrons. The molecule has 2 amide bonds. The number of benzene rings is 2. The topological polar surface area (TPSA) is 86.8 Å². The molecule has 1 atom stereocenters. The number of hydrogen-bond donors (Lipinski definition) is 1. The van der Waals surface area contributed by atoms with Crippen molar-refractivity contribution < 1.29 is 18.0 Å². The van der Waals surface area contributed by atoms with Crippen LogP contribution >= 0.6 is 27.5 Å². The standard InChI is InChI=1S/C23H29BrClN3O4S/c1-16(2)13-26-23(30)17(3)27(14-18-9-5-7-11-20(18)25)22(29)15-28(33(4,31)32)21-12-8-6-10-19(21)24/h5-12,16-17H,13-15H2,1-4H3,(H,26,30)/t17-/m0/s1. The van der Waals surface area contributed by atoms with Gasteiger partial charge in [-0.15, -0.1) is 0 Å². The number of hydrogen-bond acceptors (Lipinski definition) is 4. The molecule has 10 heteroatoms. The Kier molecular flexibility index (Phi) is 9.75. The van der Waals surface area contributed by atoms with Gasteiger partial charge < -0.3 is 10.2 Å². The van der Waals surface area contributed by atoms with E-state index >= 15 is 0 Å². The van der Waals surface area contributed by atoms with Crippen molar-refractivity contribution >= 4 is 55.1 Å². The summed E-state index contributed by atoms with van der Waals surface area (Å²) in [7, 11) is -3.79. The van der Waals surface area contributed by atoms with Gasteiger partial charge in [-0.05, 0) is 52.5 Å². The largest absolute Gasteiger partial charge is 0.354 e. The van der Waals surface area contributed by atoms with E-state index in [2.05, 4.69) is 21.2 Å². The second-order valence-corrected chi connectivity index (χ2v) is 11.3. The molecule has 7 nitrogen and oxygen atoms in total. The Morgan fingerprint density at radius 2 is 1.67 bits per heavy atom. The molecule has 0 aliphatic carbocycles. The molecule has 0 fully saturated rings. The van der Waals surface area contributed by atoms with E-state index in [1.807, 2.05) is 13.8 Å². The van der Waals surface area contributed by atoms with Crippen LogP contribution in [0.1, 0.15) is 26.3 Å². The van der Waals surface area contributed by atoms with Crippen LogP contribution in [-0.2, 0) is 26.2 Å². The second-order valence-electron chi connectivity index (χ2n) is 8.15. The zero-order valence-corrected chi connectivity index (χ0v) is 22.2. The number of para-hydroxylation sites is 1. The third-order valence-electron chi connectivity index (χ3n) is 4.95. The summed E-state index contributed by atoms with van der Waals surface area (Å²) in [6.07, 6.45) is 1.04. The van der Waals surface area contributed by atoms with Crippen LogP contribution in [0.3, 0.4) is 0 Å². The number of carbonyl (C=O) groups excluding carboxylic acids is 2. The van der Waals surface area contributed by atoms with E-state index in [4.69, 9.17) is 11.6 Å². The lowest BCUT2D eigenvalue weighted by molar-refractivity contribution is -0.139. The van der Waals surface area contributed by atoms with Gasteiger partial charge in [-0.25, -0.2) is 8.42 Å². The lowest BCUT2D eigenvalue weighted by Gasteiger charge is -2.32. The van der Waals surface area contributed by atoms with E-state index in [1.54, 1.807) is 55.5 Å². The Hall–Kier alpha value is -2.10. The molecule has 1 N–H and O–H groups in total. The Morgan fingerprint density at radius 3 is 2.24 bits per heavy atom. The van der Waals surface area contributed by atoms with Gasteiger partial charge in [0.2, 0.25) is 21.8 Å². The number of anilines is 1. The van der Waals surface area contributed by atoms with Crippen LogP contribution < -0.4 is 9.62 Å². The van der Waals surface area contributed by atoms with Gasteiger partial charge in [-0.1, -0.05) is 55.8 Å². The minimum Gasteiger partial charge on any atom is -0.354 e. The fourth-order valence-electron chi connectivity index (χ4n) is 3.09. The zero-order chi connectivity index (χ0) is 24.8. The van der Waals surface area contributed by atoms with Crippen molar-refractivity contribution in [3.8, 4) is 0 Å². The number of amides is 2. The highest BCUT2D eigenvalue weighted by atomic mass is 79.9. The maximum Gasteiger partial charge on any atom is 0.244 e. The Morgan fingerprint density at radius 1 is 1.06 bits per heavy atom. The lowest BCUT2D eigenvalue weighted by Crippen LogP contribution is -2.51. The number of nitrogens with one attached hydrogen (secondary N) is 1. The van der Waals surface area contributed by atoms with E-state index in [1.165, 1.54) is 4.90 Å². The third kappa shape index (κ3) is 7.72. The molecule has 0 unspecified atom stereocenters. The normalized spacial score (nSPS) is 12.3. The quantitative estimate of drug-likeness (QED) is 0.477. The summed E-state index contributed by atoms with van der Waals surface area (Å²) in [5, 5.41) is 3.29. The van der Waals surface area contributed by atoms with Crippen LogP contribution in [-0.4, -0.2) is 50.5 Å². The Bertz CT molecular complexity index is 1090. The molecule has 0 aliphatic heterocycles. The maximum absolute atomic E-state index is 13.5. The summed E-state index contributed by atoms with van der Waals surface area (Å²) < 4.78 is 26.7. The molecule has 2 aromatic carbocycles. The molecule has 0 saturated heterocycles. The number of nitrogens with zero attached hydrogens (tertiary/aromatic N) is 2. The van der Waals surface area contributed by atoms with E-state index in [-0.39, 0.29) is 18.4 Å². The first kappa shape index (κ1) is 27.1. The van der Waals surface area contributed by atoms with Crippen molar-refractivity contribution in [1.82, 2.24) is 10.2 Å². The highest BCUT2D eigenvalue weighted by molar-refractivity contribution is 9.10. The molecule has 0 saturated carbocycles. The number of rotatable bonds is 10. The van der Waals surface area contributed by atoms with E-state index in [0.29, 0.717) is 27.3 Å². The second kappa shape index (κ2) is 11.9. The Balaban J connectivity index is 2.39. The molecular weight excluding hydrogens is 530 g/mol. The molecular formula is C23H29BrClN3O4S. The van der Waals surface area contributed by atoms with Gasteiger partial charge in [-0.3, -0.25) is 13.9 Å². The highest BCUT2D eigenvalue weighted by Gasteiger charge is 2.31. The van der Waals surface area contributed by atoms with Crippen LogP contribution in [0.5, 0.6) is 0 Å². The van der Waals surface area contributed by atoms with E-state index in [0.717, 1.165) is 10.6 Å². The summed E-state index contributed by atoms with van der Waals surface area (Å²) in [6, 6.07) is 12.9. The van der Waals surface area contributed by atoms with Crippen molar-refractivity contribution in [2.45, 2.75) is 33.4 Å². The predicted molar refractivity (Wildman–Crippen MR) is 136 cm³/mol. The predicted octanol–water partition coefficient (Wildman–Crippen LogP) is 4.06. The maximum atomic E-state index is 13.5. The molecule has 0 bridgehead atoms. The molecule has 180 valence electrons. The highest BCUT2D eigenvalue weighted by Crippen LogP contribution is 2.28. The number of halogens is 2. The minimum atomic E-state index is -3.79. The van der Waals surface area contributed by atoms with Crippen molar-refractivity contribution in [2.75, 3.05) is 23.7 Å². The number of carbonyl (C=O) groups is 2. The smallest absolute Gasteiger partial charge is 0.244 e. The average Bonchev–Trinajstić information content (AvgIpc) is 2.74. The fraction of sp³-hybridized carbons (Fsp3) is 0.391. The van der Waals surface area contributed by atoms with Gasteiger partial charge in [0.05, 0.1) is 11.9 Å². The summed E-state index contributed by atoms with van der Waals surface area (Å²) >= 11 is 9.66. The monoisotopic (exact) mass is 557 g/mol. The van der Waals surface area contributed by atoms with Gasteiger partial charge in [-0.2, -0.15) is 0 Å². The minimum absolute atomic E-state index is 0.0579. The average molecular weight is 559 g/mol. The summed E-state index contributed by atoms with van der Waals surface area (Å²) in [5.41, 5.74) is 0.991. The SMILES string of the molecule is CC(C)CNC(=O)[C@H](C)N(Cc1ccccc1Cl)C(=O)CN(c1ccccc1Br)S(C)(=O)=O. The molecule has 2 rings (SSSR count). The van der Waals surface area contributed by atoms with Gasteiger partial charge in [0.1, 0.15) is 12.6 Å². The lowest BCUT2D eigenvalue weighted by atomic mass is 10.1. The molecule has 33 heavy (non-hydrogen) atoms. The molecule has 0 aliphatic rings. The zero-order valence-electron chi connectivity index (χ0n) is 19.1. The molecule has 0 spiro atoms. The first-order valence-electron chi connectivity index (χ1n) is 10.4. The van der Waals surface area contributed by atoms with Gasteiger partial charge in [0.25, 0.3) is 0 Å². The van der Waals surface area contributed by atoms with Crippen LogP contribution in [0.15, 0.2) is 53.0 Å². The van der Waals surface area contributed by atoms with Crippen LogP contribution in [0.25, 0.3) is 0 Å². The fourth-order valence-corrected chi connectivity index (χ4v) is 4.77. The summed E-state index contributed by atoms with van der Waals surface area (Å²) in [4.78, 5) is 27.6. The van der Waals surface area contributed by atoms with Crippen molar-refractivity contribution in [3.63, 3.8) is 0 Å². The van der Waals surface area contributed by atoms with E-state index in [9.17, 15) is 18.0 Å². The molecule has 2 aromatic rings. The van der Waals surface area contributed by atoms with Crippen LogP contribution in [0.4, 0.5) is 5.69 Å². The van der Waals surface area contributed by atoms with Gasteiger partial charge >= 0.3 is 0 Å². The van der Waals surface area contributed by atoms with Crippen molar-refractivity contribution in [1.29, 1.82) is 0 Å². The van der Waals surface area contributed by atoms with Crippen LogP contribution in [0.2, 0.25) is 5.02 Å². The molecule has 0 aromatic heterocycles. The summed E-state index contributed by atoms with van der Waals surface area (Å²) in [5.74, 6) is -0.607. The van der Waals surface area contributed by atoms with E-state index < -0.39 is 28.5 Å². The van der Waals surface area contributed by atoms with Crippen molar-refractivity contribution in [3.05, 3.63) is 63.6 Å². The first-order chi connectivity index (χ1) is 15.4. The van der Waals surface area contributed by atoms with Crippen LogP contribution in [0, 0.1) is 5.92 Å². The first-order valence-corrected chi connectivity index (χ1v) is 13.5. The third-order valence-corrected chi connectivity index (χ3v) is 7.12. The number of sulfonamides is 1. The Labute approximate surface area is 209 Å².